The molecule has 3 nitrogen and oxygen atoms in total. The maximum Gasteiger partial charge on any atom is 0.0804 e. The number of hydroxylamine groups is 2. The summed E-state index contributed by atoms with van der Waals surface area (Å²) in [6.45, 7) is 6.23. The van der Waals surface area contributed by atoms with Crippen molar-refractivity contribution in [3.8, 4) is 0 Å². The fourth-order valence-corrected chi connectivity index (χ4v) is 0.828. The molecule has 0 amide bonds. The lowest BCUT2D eigenvalue weighted by molar-refractivity contribution is -0.333. The van der Waals surface area contributed by atoms with E-state index in [9.17, 15) is 0 Å². The van der Waals surface area contributed by atoms with Crippen LogP contribution in [0.4, 0.5) is 0 Å². The third-order valence-corrected chi connectivity index (χ3v) is 1.34. The predicted octanol–water partition coefficient (Wildman–Crippen LogP) is 1.16. The van der Waals surface area contributed by atoms with Crippen molar-refractivity contribution >= 4 is 0 Å². The lowest BCUT2D eigenvalue weighted by atomic mass is 10.1. The maximum absolute atomic E-state index is 8.81. The van der Waals surface area contributed by atoms with Crippen molar-refractivity contribution in [2.24, 2.45) is 5.92 Å². The van der Waals surface area contributed by atoms with Crippen LogP contribution in [-0.2, 0) is 4.84 Å². The van der Waals surface area contributed by atoms with Gasteiger partial charge in [0.15, 0.2) is 0 Å². The second kappa shape index (κ2) is 2.37. The SMILES string of the molecule is C=C1CC(C)CON1O. The molecule has 52 valence electrons. The molecule has 0 radical (unpaired) electrons. The van der Waals surface area contributed by atoms with E-state index < -0.39 is 0 Å². The standard InChI is InChI=1S/C6H11NO2/c1-5-3-6(2)7(8)9-4-5/h5,8H,2-4H2,1H3. The number of rotatable bonds is 0. The second-order valence-electron chi connectivity index (χ2n) is 2.44. The van der Waals surface area contributed by atoms with Crippen LogP contribution in [0.3, 0.4) is 0 Å². The predicted molar refractivity (Wildman–Crippen MR) is 32.5 cm³/mol. The van der Waals surface area contributed by atoms with E-state index in [-0.39, 0.29) is 0 Å². The van der Waals surface area contributed by atoms with Crippen LogP contribution in [0.2, 0.25) is 0 Å². The van der Waals surface area contributed by atoms with E-state index in [4.69, 9.17) is 10.0 Å². The lowest BCUT2D eigenvalue weighted by Crippen LogP contribution is -2.28. The number of nitrogens with zero attached hydrogens (tertiary/aromatic N) is 1. The van der Waals surface area contributed by atoms with Gasteiger partial charge in [0.05, 0.1) is 12.3 Å². The van der Waals surface area contributed by atoms with Gasteiger partial charge in [0.2, 0.25) is 0 Å². The van der Waals surface area contributed by atoms with E-state index in [1.54, 1.807) is 0 Å². The first-order valence-corrected chi connectivity index (χ1v) is 3.00. The van der Waals surface area contributed by atoms with Crippen LogP contribution in [0.1, 0.15) is 13.3 Å². The monoisotopic (exact) mass is 129 g/mol. The van der Waals surface area contributed by atoms with Crippen molar-refractivity contribution < 1.29 is 10.0 Å². The zero-order chi connectivity index (χ0) is 6.85. The lowest BCUT2D eigenvalue weighted by Gasteiger charge is -2.27. The Bertz CT molecular complexity index is 124. The molecular formula is C6H11NO2. The molecule has 1 aliphatic heterocycles. The van der Waals surface area contributed by atoms with Crippen molar-refractivity contribution in [1.82, 2.24) is 5.23 Å². The van der Waals surface area contributed by atoms with Gasteiger partial charge >= 0.3 is 0 Å². The van der Waals surface area contributed by atoms with Crippen LogP contribution in [0.5, 0.6) is 0 Å². The molecule has 9 heavy (non-hydrogen) atoms. The van der Waals surface area contributed by atoms with E-state index in [2.05, 4.69) is 13.5 Å². The summed E-state index contributed by atoms with van der Waals surface area (Å²) in [5.74, 6) is 0.473. The van der Waals surface area contributed by atoms with Crippen molar-refractivity contribution in [3.63, 3.8) is 0 Å². The van der Waals surface area contributed by atoms with Crippen LogP contribution >= 0.6 is 0 Å². The zero-order valence-electron chi connectivity index (χ0n) is 5.50. The second-order valence-corrected chi connectivity index (χ2v) is 2.44. The summed E-state index contributed by atoms with van der Waals surface area (Å²) in [5.41, 5.74) is 0.633. The normalized spacial score (nSPS) is 28.9. The van der Waals surface area contributed by atoms with Gasteiger partial charge < -0.3 is 0 Å². The first-order chi connectivity index (χ1) is 4.20. The number of hydrogen-bond donors (Lipinski definition) is 1. The van der Waals surface area contributed by atoms with Crippen molar-refractivity contribution in [3.05, 3.63) is 12.3 Å². The van der Waals surface area contributed by atoms with Crippen LogP contribution in [-0.4, -0.2) is 17.0 Å². The van der Waals surface area contributed by atoms with Crippen LogP contribution < -0.4 is 0 Å². The van der Waals surface area contributed by atoms with Gasteiger partial charge in [0.25, 0.3) is 0 Å². The molecule has 1 atom stereocenters. The van der Waals surface area contributed by atoms with Gasteiger partial charge in [0.1, 0.15) is 0 Å². The molecule has 3 heteroatoms. The average molecular weight is 129 g/mol. The van der Waals surface area contributed by atoms with Gasteiger partial charge in [-0.1, -0.05) is 13.5 Å². The Kier molecular flexibility index (Phi) is 1.73. The van der Waals surface area contributed by atoms with Crippen LogP contribution in [0.15, 0.2) is 12.3 Å². The van der Waals surface area contributed by atoms with E-state index in [1.165, 1.54) is 0 Å². The molecule has 1 heterocycles. The molecule has 0 saturated carbocycles. The molecular weight excluding hydrogens is 118 g/mol. The number of hydrogen-bond acceptors (Lipinski definition) is 3. The Balaban J connectivity index is 2.44. The van der Waals surface area contributed by atoms with Crippen LogP contribution in [0, 0.1) is 5.92 Å². The molecule has 0 spiro atoms. The molecule has 0 aromatic rings. The van der Waals surface area contributed by atoms with E-state index in [0.29, 0.717) is 18.2 Å². The summed E-state index contributed by atoms with van der Waals surface area (Å²) < 4.78 is 0. The first kappa shape index (κ1) is 6.58. The summed E-state index contributed by atoms with van der Waals surface area (Å²) in [4.78, 5) is 4.79. The molecule has 0 aliphatic carbocycles. The third-order valence-electron chi connectivity index (χ3n) is 1.34. The molecule has 1 fully saturated rings. The molecule has 1 N–H and O–H groups in total. The Morgan fingerprint density at radius 3 is 3.00 bits per heavy atom. The molecule has 1 unspecified atom stereocenters. The summed E-state index contributed by atoms with van der Waals surface area (Å²) >= 11 is 0. The fraction of sp³-hybridized carbons (Fsp3) is 0.667. The Hall–Kier alpha value is -0.540. The summed E-state index contributed by atoms with van der Waals surface area (Å²) in [7, 11) is 0. The number of allylic oxidation sites excluding steroid dienone is 1. The van der Waals surface area contributed by atoms with Gasteiger partial charge in [0, 0.05) is 0 Å². The maximum atomic E-state index is 8.81. The highest BCUT2D eigenvalue weighted by Gasteiger charge is 2.17. The van der Waals surface area contributed by atoms with Gasteiger partial charge in [-0.2, -0.15) is 0 Å². The molecule has 1 saturated heterocycles. The Labute approximate surface area is 54.4 Å². The molecule has 1 rings (SSSR count). The van der Waals surface area contributed by atoms with Crippen molar-refractivity contribution in [1.29, 1.82) is 0 Å². The van der Waals surface area contributed by atoms with Crippen LogP contribution in [0.25, 0.3) is 0 Å². The first-order valence-electron chi connectivity index (χ1n) is 3.00. The highest BCUT2D eigenvalue weighted by molar-refractivity contribution is 4.90. The summed E-state index contributed by atoms with van der Waals surface area (Å²) in [6.07, 6.45) is 0.816. The van der Waals surface area contributed by atoms with Crippen molar-refractivity contribution in [2.45, 2.75) is 13.3 Å². The average Bonchev–Trinajstić information content (AvgIpc) is 1.80. The van der Waals surface area contributed by atoms with Gasteiger partial charge in [-0.15, -0.1) is 5.23 Å². The topological polar surface area (TPSA) is 32.7 Å². The fourth-order valence-electron chi connectivity index (χ4n) is 0.828. The molecule has 0 bridgehead atoms. The quantitative estimate of drug-likeness (QED) is 0.532. The Morgan fingerprint density at radius 1 is 1.89 bits per heavy atom. The summed E-state index contributed by atoms with van der Waals surface area (Å²) in [5, 5.41) is 9.56. The zero-order valence-corrected chi connectivity index (χ0v) is 5.50. The largest absolute Gasteiger partial charge is 0.264 e. The highest BCUT2D eigenvalue weighted by atomic mass is 16.9. The van der Waals surface area contributed by atoms with E-state index in [1.807, 2.05) is 0 Å². The minimum absolute atomic E-state index is 0.473. The van der Waals surface area contributed by atoms with Gasteiger partial charge in [-0.05, 0) is 12.3 Å². The van der Waals surface area contributed by atoms with E-state index in [0.717, 1.165) is 11.6 Å². The minimum Gasteiger partial charge on any atom is -0.264 e. The van der Waals surface area contributed by atoms with Gasteiger partial charge in [-0.3, -0.25) is 5.21 Å². The minimum atomic E-state index is 0.473. The van der Waals surface area contributed by atoms with E-state index >= 15 is 0 Å². The molecule has 0 aromatic carbocycles. The molecule has 0 aromatic heterocycles. The summed E-state index contributed by atoms with van der Waals surface area (Å²) in [6, 6.07) is 0. The Morgan fingerprint density at radius 2 is 2.56 bits per heavy atom. The molecule has 1 aliphatic rings. The third kappa shape index (κ3) is 1.43. The van der Waals surface area contributed by atoms with Crippen molar-refractivity contribution in [2.75, 3.05) is 6.61 Å². The van der Waals surface area contributed by atoms with Gasteiger partial charge in [-0.25, -0.2) is 4.84 Å². The highest BCUT2D eigenvalue weighted by Crippen LogP contribution is 2.18. The smallest absolute Gasteiger partial charge is 0.0804 e.